The zero-order valence-corrected chi connectivity index (χ0v) is 5.25. The van der Waals surface area contributed by atoms with Crippen molar-refractivity contribution in [1.82, 2.24) is 0 Å². The van der Waals surface area contributed by atoms with Crippen LogP contribution in [0.3, 0.4) is 0 Å². The number of carboxylic acid groups (broad SMARTS) is 1. The quantitative estimate of drug-likeness (QED) is 0.457. The van der Waals surface area contributed by atoms with Crippen LogP contribution < -0.4 is 0 Å². The number of aliphatic hydroxyl groups excluding tert-OH is 2. The monoisotopic (exact) mass is 154 g/mol. The summed E-state index contributed by atoms with van der Waals surface area (Å²) in [5.74, 6) is -1.33. The molecule has 0 aromatic rings. The van der Waals surface area contributed by atoms with E-state index in [4.69, 9.17) is 26.9 Å². The number of carbonyl (C=O) groups is 1. The Hall–Kier alpha value is -0.320. The lowest BCUT2D eigenvalue weighted by molar-refractivity contribution is -0.139. The third-order valence-electron chi connectivity index (χ3n) is 0.761. The van der Waals surface area contributed by atoms with Crippen LogP contribution in [-0.4, -0.2) is 39.4 Å². The van der Waals surface area contributed by atoms with Gasteiger partial charge in [0.2, 0.25) is 0 Å². The molecule has 0 radical (unpaired) electrons. The topological polar surface area (TPSA) is 77.8 Å². The van der Waals surface area contributed by atoms with Gasteiger partial charge >= 0.3 is 5.97 Å². The maximum atomic E-state index is 9.90. The van der Waals surface area contributed by atoms with E-state index in [-0.39, 0.29) is 0 Å². The number of aliphatic carboxylic acids is 1. The number of rotatable bonds is 3. The molecule has 0 heterocycles. The number of aliphatic hydroxyl groups is 2. The second-order valence-corrected chi connectivity index (χ2v) is 1.96. The normalized spacial score (nSPS) is 16.8. The number of hydrogen-bond donors (Lipinski definition) is 3. The Balaban J connectivity index is 3.72. The van der Waals surface area contributed by atoms with E-state index < -0.39 is 24.1 Å². The van der Waals surface area contributed by atoms with Crippen LogP contribution in [0.5, 0.6) is 0 Å². The van der Waals surface area contributed by atoms with E-state index in [0.29, 0.717) is 0 Å². The van der Waals surface area contributed by atoms with Crippen molar-refractivity contribution >= 4 is 17.6 Å². The molecule has 0 aromatic carbocycles. The van der Waals surface area contributed by atoms with E-state index in [9.17, 15) is 4.79 Å². The molecule has 0 rings (SSSR count). The summed E-state index contributed by atoms with van der Waals surface area (Å²) < 4.78 is 0. The molecule has 0 amide bonds. The molecule has 0 aliphatic heterocycles. The predicted molar refractivity (Wildman–Crippen MR) is 30.4 cm³/mol. The average Bonchev–Trinajstić information content (AvgIpc) is 1.84. The minimum atomic E-state index is -1.42. The van der Waals surface area contributed by atoms with E-state index >= 15 is 0 Å². The van der Waals surface area contributed by atoms with E-state index in [0.717, 1.165) is 0 Å². The molecule has 3 N–H and O–H groups in total. The third kappa shape index (κ3) is 2.64. The summed E-state index contributed by atoms with van der Waals surface area (Å²) >= 11 is 5.06. The number of carboxylic acids is 1. The first kappa shape index (κ1) is 8.68. The van der Waals surface area contributed by atoms with Gasteiger partial charge in [0.1, 0.15) is 6.10 Å². The van der Waals surface area contributed by atoms with Crippen LogP contribution in [-0.2, 0) is 4.79 Å². The maximum absolute atomic E-state index is 9.90. The van der Waals surface area contributed by atoms with Crippen LogP contribution in [0, 0.1) is 0 Å². The standard InChI is InChI=1S/C4H7ClO4/c5-3(4(8)9)2(7)1-6/h2-3,6-7H,1H2,(H,8,9)/t2-,3-/m0/s1. The zero-order valence-electron chi connectivity index (χ0n) is 4.49. The Bertz CT molecular complexity index is 105. The fourth-order valence-corrected chi connectivity index (χ4v) is 0.337. The molecule has 9 heavy (non-hydrogen) atoms. The van der Waals surface area contributed by atoms with E-state index in [1.165, 1.54) is 0 Å². The molecule has 0 aromatic heterocycles. The number of halogens is 1. The summed E-state index contributed by atoms with van der Waals surface area (Å²) in [6, 6.07) is 0. The number of hydrogen-bond acceptors (Lipinski definition) is 3. The molecule has 54 valence electrons. The minimum absolute atomic E-state index is 0.638. The van der Waals surface area contributed by atoms with Crippen molar-refractivity contribution in [2.45, 2.75) is 11.5 Å². The van der Waals surface area contributed by atoms with Crippen LogP contribution in [0.2, 0.25) is 0 Å². The molecule has 0 bridgehead atoms. The Morgan fingerprint density at radius 3 is 2.22 bits per heavy atom. The molecule has 0 saturated carbocycles. The lowest BCUT2D eigenvalue weighted by atomic mass is 10.3. The molecule has 0 aliphatic rings. The summed E-state index contributed by atoms with van der Waals surface area (Å²) in [5.41, 5.74) is 0. The molecular formula is C4H7ClO4. The first-order valence-corrected chi connectivity index (χ1v) is 2.69. The largest absolute Gasteiger partial charge is 0.480 e. The number of alkyl halides is 1. The van der Waals surface area contributed by atoms with Gasteiger partial charge in [-0.1, -0.05) is 0 Å². The Morgan fingerprint density at radius 2 is 2.11 bits per heavy atom. The van der Waals surface area contributed by atoms with Crippen molar-refractivity contribution in [1.29, 1.82) is 0 Å². The van der Waals surface area contributed by atoms with E-state index in [1.54, 1.807) is 0 Å². The van der Waals surface area contributed by atoms with Crippen molar-refractivity contribution in [2.75, 3.05) is 6.61 Å². The summed E-state index contributed by atoms with van der Waals surface area (Å²) in [7, 11) is 0. The van der Waals surface area contributed by atoms with Gasteiger partial charge in [-0.05, 0) is 0 Å². The van der Waals surface area contributed by atoms with Crippen LogP contribution in [0.4, 0.5) is 0 Å². The highest BCUT2D eigenvalue weighted by Crippen LogP contribution is 2.01. The van der Waals surface area contributed by atoms with Gasteiger partial charge in [0.25, 0.3) is 0 Å². The molecule has 0 saturated heterocycles. The summed E-state index contributed by atoms with van der Waals surface area (Å²) in [6.07, 6.45) is -1.39. The van der Waals surface area contributed by atoms with Crippen molar-refractivity contribution in [3.8, 4) is 0 Å². The van der Waals surface area contributed by atoms with Crippen LogP contribution >= 0.6 is 11.6 Å². The van der Waals surface area contributed by atoms with Gasteiger partial charge in [0, 0.05) is 0 Å². The van der Waals surface area contributed by atoms with Crippen LogP contribution in [0.15, 0.2) is 0 Å². The van der Waals surface area contributed by atoms with Gasteiger partial charge in [-0.25, -0.2) is 0 Å². The van der Waals surface area contributed by atoms with Gasteiger partial charge in [-0.3, -0.25) is 4.79 Å². The molecule has 4 nitrogen and oxygen atoms in total. The molecule has 0 unspecified atom stereocenters. The first-order valence-electron chi connectivity index (χ1n) is 2.25. The highest BCUT2D eigenvalue weighted by Gasteiger charge is 2.22. The Kier molecular flexibility index (Phi) is 3.53. The first-order chi connectivity index (χ1) is 4.09. The van der Waals surface area contributed by atoms with Gasteiger partial charge < -0.3 is 15.3 Å². The summed E-state index contributed by atoms with van der Waals surface area (Å²) in [4.78, 5) is 9.90. The SMILES string of the molecule is O=C(O)[C@@H](Cl)[C@@H](O)CO. The zero-order chi connectivity index (χ0) is 7.44. The molecule has 0 spiro atoms. The van der Waals surface area contributed by atoms with Crippen molar-refractivity contribution in [3.05, 3.63) is 0 Å². The van der Waals surface area contributed by atoms with Crippen molar-refractivity contribution in [2.24, 2.45) is 0 Å². The second-order valence-electron chi connectivity index (χ2n) is 1.49. The van der Waals surface area contributed by atoms with Gasteiger partial charge in [-0.2, -0.15) is 0 Å². The van der Waals surface area contributed by atoms with Gasteiger partial charge in [0.15, 0.2) is 5.38 Å². The lowest BCUT2D eigenvalue weighted by Crippen LogP contribution is -2.31. The third-order valence-corrected chi connectivity index (χ3v) is 1.24. The van der Waals surface area contributed by atoms with E-state index in [2.05, 4.69) is 0 Å². The lowest BCUT2D eigenvalue weighted by Gasteiger charge is -2.07. The predicted octanol–water partition coefficient (Wildman–Crippen LogP) is -0.968. The fraction of sp³-hybridized carbons (Fsp3) is 0.750. The molecule has 0 aliphatic carbocycles. The Labute approximate surface area is 56.7 Å². The van der Waals surface area contributed by atoms with Gasteiger partial charge in [-0.15, -0.1) is 11.6 Å². The molecule has 2 atom stereocenters. The summed E-state index contributed by atoms with van der Waals surface area (Å²) in [6.45, 7) is -0.638. The minimum Gasteiger partial charge on any atom is -0.480 e. The summed E-state index contributed by atoms with van der Waals surface area (Å²) in [5, 5.41) is 23.3. The van der Waals surface area contributed by atoms with Gasteiger partial charge in [0.05, 0.1) is 6.61 Å². The van der Waals surface area contributed by atoms with E-state index in [1.807, 2.05) is 0 Å². The van der Waals surface area contributed by atoms with Crippen LogP contribution in [0.25, 0.3) is 0 Å². The Morgan fingerprint density at radius 1 is 1.67 bits per heavy atom. The highest BCUT2D eigenvalue weighted by atomic mass is 35.5. The van der Waals surface area contributed by atoms with Crippen molar-refractivity contribution in [3.63, 3.8) is 0 Å². The molecule has 0 fully saturated rings. The second kappa shape index (κ2) is 3.66. The average molecular weight is 155 g/mol. The fourth-order valence-electron chi connectivity index (χ4n) is 0.257. The highest BCUT2D eigenvalue weighted by molar-refractivity contribution is 6.30. The molecular weight excluding hydrogens is 147 g/mol. The van der Waals surface area contributed by atoms with Crippen LogP contribution in [0.1, 0.15) is 0 Å². The smallest absolute Gasteiger partial charge is 0.324 e. The maximum Gasteiger partial charge on any atom is 0.324 e. The van der Waals surface area contributed by atoms with Crippen molar-refractivity contribution < 1.29 is 20.1 Å². The molecule has 5 heteroatoms.